The van der Waals surface area contributed by atoms with Gasteiger partial charge in [0.2, 0.25) is 0 Å². The highest BCUT2D eigenvalue weighted by atomic mass is 16.6. The Balaban J connectivity index is 2.02. The Morgan fingerprint density at radius 2 is 1.90 bits per heavy atom. The lowest BCUT2D eigenvalue weighted by Gasteiger charge is -2.25. The Morgan fingerprint density at radius 3 is 2.55 bits per heavy atom. The quantitative estimate of drug-likeness (QED) is 0.861. The molecule has 0 atom stereocenters. The number of carbonyl (C=O) groups is 1. The SMILES string of the molecule is CCC(O)(CC)CNC(=O)c1ccc2c(c1)OCCO2. The minimum absolute atomic E-state index is 0.220. The van der Waals surface area contributed by atoms with Crippen molar-refractivity contribution in [2.24, 2.45) is 0 Å². The van der Waals surface area contributed by atoms with E-state index in [1.54, 1.807) is 18.2 Å². The van der Waals surface area contributed by atoms with Crippen molar-refractivity contribution in [2.45, 2.75) is 32.3 Å². The van der Waals surface area contributed by atoms with Crippen LogP contribution in [0.25, 0.3) is 0 Å². The minimum atomic E-state index is -0.844. The zero-order valence-corrected chi connectivity index (χ0v) is 11.9. The van der Waals surface area contributed by atoms with Gasteiger partial charge in [-0.3, -0.25) is 4.79 Å². The van der Waals surface area contributed by atoms with E-state index in [1.165, 1.54) is 0 Å². The first-order valence-electron chi connectivity index (χ1n) is 6.98. The molecule has 0 saturated carbocycles. The molecule has 0 aliphatic carbocycles. The molecule has 1 heterocycles. The number of rotatable bonds is 5. The molecule has 2 rings (SSSR count). The Bertz CT molecular complexity index is 483. The second kappa shape index (κ2) is 6.13. The molecular formula is C15H21NO4. The molecule has 0 spiro atoms. The first-order chi connectivity index (χ1) is 9.58. The molecule has 20 heavy (non-hydrogen) atoms. The number of fused-ring (bicyclic) bond motifs is 1. The number of hydrogen-bond acceptors (Lipinski definition) is 4. The van der Waals surface area contributed by atoms with Crippen LogP contribution in [0.15, 0.2) is 18.2 Å². The predicted molar refractivity (Wildman–Crippen MR) is 75.3 cm³/mol. The molecule has 1 aliphatic rings. The number of carbonyl (C=O) groups excluding carboxylic acids is 1. The van der Waals surface area contributed by atoms with Crippen molar-refractivity contribution in [1.29, 1.82) is 0 Å². The number of ether oxygens (including phenoxy) is 2. The highest BCUT2D eigenvalue weighted by Crippen LogP contribution is 2.30. The van der Waals surface area contributed by atoms with Crippen LogP contribution in [0.2, 0.25) is 0 Å². The van der Waals surface area contributed by atoms with E-state index in [-0.39, 0.29) is 12.5 Å². The molecule has 110 valence electrons. The van der Waals surface area contributed by atoms with Crippen LogP contribution >= 0.6 is 0 Å². The van der Waals surface area contributed by atoms with Gasteiger partial charge in [0, 0.05) is 12.1 Å². The van der Waals surface area contributed by atoms with Gasteiger partial charge in [0.05, 0.1) is 5.60 Å². The highest BCUT2D eigenvalue weighted by molar-refractivity contribution is 5.94. The number of aliphatic hydroxyl groups is 1. The van der Waals surface area contributed by atoms with Crippen molar-refractivity contribution in [3.8, 4) is 11.5 Å². The lowest BCUT2D eigenvalue weighted by Crippen LogP contribution is -2.42. The van der Waals surface area contributed by atoms with Crippen molar-refractivity contribution < 1.29 is 19.4 Å². The van der Waals surface area contributed by atoms with Gasteiger partial charge in [-0.2, -0.15) is 0 Å². The molecule has 0 aromatic heterocycles. The number of hydrogen-bond donors (Lipinski definition) is 2. The first kappa shape index (κ1) is 14.7. The van der Waals surface area contributed by atoms with Gasteiger partial charge in [-0.15, -0.1) is 0 Å². The van der Waals surface area contributed by atoms with Crippen LogP contribution in [0.1, 0.15) is 37.0 Å². The van der Waals surface area contributed by atoms with E-state index in [0.29, 0.717) is 43.1 Å². The lowest BCUT2D eigenvalue weighted by atomic mass is 9.97. The third-order valence-electron chi connectivity index (χ3n) is 3.70. The molecule has 1 aromatic rings. The van der Waals surface area contributed by atoms with Gasteiger partial charge in [0.25, 0.3) is 5.91 Å². The maximum absolute atomic E-state index is 12.1. The van der Waals surface area contributed by atoms with Crippen LogP contribution in [-0.4, -0.2) is 36.4 Å². The van der Waals surface area contributed by atoms with Gasteiger partial charge in [-0.25, -0.2) is 0 Å². The fourth-order valence-corrected chi connectivity index (χ4v) is 2.03. The van der Waals surface area contributed by atoms with E-state index < -0.39 is 5.60 Å². The van der Waals surface area contributed by atoms with Crippen LogP contribution in [0, 0.1) is 0 Å². The summed E-state index contributed by atoms with van der Waals surface area (Å²) < 4.78 is 10.9. The Labute approximate surface area is 118 Å². The summed E-state index contributed by atoms with van der Waals surface area (Å²) in [6.45, 7) is 5.06. The largest absolute Gasteiger partial charge is 0.486 e. The maximum Gasteiger partial charge on any atom is 0.251 e. The van der Waals surface area contributed by atoms with Crippen LogP contribution in [-0.2, 0) is 0 Å². The van der Waals surface area contributed by atoms with Crippen LogP contribution < -0.4 is 14.8 Å². The van der Waals surface area contributed by atoms with E-state index >= 15 is 0 Å². The van der Waals surface area contributed by atoms with Crippen LogP contribution in [0.5, 0.6) is 11.5 Å². The number of amides is 1. The monoisotopic (exact) mass is 279 g/mol. The zero-order chi connectivity index (χ0) is 14.6. The Kier molecular flexibility index (Phi) is 4.49. The third kappa shape index (κ3) is 3.22. The average Bonchev–Trinajstić information content (AvgIpc) is 2.51. The average molecular weight is 279 g/mol. The fraction of sp³-hybridized carbons (Fsp3) is 0.533. The molecule has 5 heteroatoms. The molecule has 0 unspecified atom stereocenters. The Hall–Kier alpha value is -1.75. The molecule has 1 aromatic carbocycles. The van der Waals surface area contributed by atoms with Gasteiger partial charge >= 0.3 is 0 Å². The summed E-state index contributed by atoms with van der Waals surface area (Å²) in [5, 5.41) is 12.9. The van der Waals surface area contributed by atoms with Gasteiger partial charge in [0.1, 0.15) is 13.2 Å². The number of nitrogens with one attached hydrogen (secondary N) is 1. The molecule has 1 aliphatic heterocycles. The Morgan fingerprint density at radius 1 is 1.25 bits per heavy atom. The van der Waals surface area contributed by atoms with Gasteiger partial charge in [-0.1, -0.05) is 13.8 Å². The summed E-state index contributed by atoms with van der Waals surface area (Å²) in [5.74, 6) is 1.03. The minimum Gasteiger partial charge on any atom is -0.486 e. The third-order valence-corrected chi connectivity index (χ3v) is 3.70. The van der Waals surface area contributed by atoms with Gasteiger partial charge in [-0.05, 0) is 31.0 Å². The zero-order valence-electron chi connectivity index (χ0n) is 11.9. The lowest BCUT2D eigenvalue weighted by molar-refractivity contribution is 0.0314. The van der Waals surface area contributed by atoms with Crippen molar-refractivity contribution in [1.82, 2.24) is 5.32 Å². The summed E-state index contributed by atoms with van der Waals surface area (Å²) in [7, 11) is 0. The highest BCUT2D eigenvalue weighted by Gasteiger charge is 2.23. The van der Waals surface area contributed by atoms with Gasteiger partial charge < -0.3 is 19.9 Å². The van der Waals surface area contributed by atoms with Gasteiger partial charge in [0.15, 0.2) is 11.5 Å². The first-order valence-corrected chi connectivity index (χ1v) is 6.98. The fourth-order valence-electron chi connectivity index (χ4n) is 2.03. The second-order valence-electron chi connectivity index (χ2n) is 4.97. The van der Waals surface area contributed by atoms with Crippen molar-refractivity contribution in [3.05, 3.63) is 23.8 Å². The number of benzene rings is 1. The second-order valence-corrected chi connectivity index (χ2v) is 4.97. The van der Waals surface area contributed by atoms with Crippen LogP contribution in [0.4, 0.5) is 0 Å². The van der Waals surface area contributed by atoms with E-state index in [0.717, 1.165) is 0 Å². The molecular weight excluding hydrogens is 258 g/mol. The molecule has 1 amide bonds. The molecule has 5 nitrogen and oxygen atoms in total. The topological polar surface area (TPSA) is 67.8 Å². The van der Waals surface area contributed by atoms with Crippen LogP contribution in [0.3, 0.4) is 0 Å². The molecule has 0 bridgehead atoms. The van der Waals surface area contributed by atoms with Crippen molar-refractivity contribution in [2.75, 3.05) is 19.8 Å². The summed E-state index contributed by atoms with van der Waals surface area (Å²) in [5.41, 5.74) is -0.340. The summed E-state index contributed by atoms with van der Waals surface area (Å²) in [4.78, 5) is 12.1. The van der Waals surface area contributed by atoms with E-state index in [2.05, 4.69) is 5.32 Å². The summed E-state index contributed by atoms with van der Waals surface area (Å²) in [6.07, 6.45) is 1.20. The van der Waals surface area contributed by atoms with Crippen molar-refractivity contribution in [3.63, 3.8) is 0 Å². The maximum atomic E-state index is 12.1. The molecule has 0 fully saturated rings. The standard InChI is InChI=1S/C15H21NO4/c1-3-15(18,4-2)10-16-14(17)11-5-6-12-13(9-11)20-8-7-19-12/h5-6,9,18H,3-4,7-8,10H2,1-2H3,(H,16,17). The smallest absolute Gasteiger partial charge is 0.251 e. The molecule has 2 N–H and O–H groups in total. The molecule has 0 saturated heterocycles. The van der Waals surface area contributed by atoms with Crippen molar-refractivity contribution >= 4 is 5.91 Å². The summed E-state index contributed by atoms with van der Waals surface area (Å²) in [6, 6.07) is 5.09. The van der Waals surface area contributed by atoms with E-state index in [4.69, 9.17) is 9.47 Å². The predicted octanol–water partition coefficient (Wildman–Crippen LogP) is 1.74. The summed E-state index contributed by atoms with van der Waals surface area (Å²) >= 11 is 0. The van der Waals surface area contributed by atoms with E-state index in [1.807, 2.05) is 13.8 Å². The molecule has 0 radical (unpaired) electrons. The normalized spacial score (nSPS) is 13.9. The van der Waals surface area contributed by atoms with E-state index in [9.17, 15) is 9.90 Å².